The summed E-state index contributed by atoms with van der Waals surface area (Å²) in [6, 6.07) is 8.83. The van der Waals surface area contributed by atoms with Crippen molar-refractivity contribution in [3.05, 3.63) is 48.3 Å². The van der Waals surface area contributed by atoms with E-state index < -0.39 is 9.84 Å². The molecule has 2 aromatic rings. The molecule has 2 aromatic heterocycles. The largest absolute Gasteiger partial charge is 0.351 e. The summed E-state index contributed by atoms with van der Waals surface area (Å²) in [6.45, 7) is 0.0830. The molecule has 0 fully saturated rings. The fourth-order valence-corrected chi connectivity index (χ4v) is 2.12. The van der Waals surface area contributed by atoms with Crippen LogP contribution in [0.4, 0.5) is 0 Å². The summed E-state index contributed by atoms with van der Waals surface area (Å²) in [5.41, 5.74) is 1.77. The summed E-state index contributed by atoms with van der Waals surface area (Å²) < 4.78 is 22.0. The summed E-state index contributed by atoms with van der Waals surface area (Å²) in [4.78, 5) is 20.2. The zero-order valence-electron chi connectivity index (χ0n) is 11.5. The molecule has 6 nitrogen and oxygen atoms in total. The van der Waals surface area contributed by atoms with E-state index in [-0.39, 0.29) is 18.2 Å². The SMILES string of the molecule is CS(=O)(=O)CCNC(=O)c1ccc(-c2ccccn2)nc1. The van der Waals surface area contributed by atoms with E-state index in [9.17, 15) is 13.2 Å². The van der Waals surface area contributed by atoms with Crippen molar-refractivity contribution in [2.24, 2.45) is 0 Å². The van der Waals surface area contributed by atoms with Crippen molar-refractivity contribution in [3.63, 3.8) is 0 Å². The second kappa shape index (κ2) is 6.45. The molecule has 21 heavy (non-hydrogen) atoms. The summed E-state index contributed by atoms with van der Waals surface area (Å²) in [5, 5.41) is 2.54. The number of hydrogen-bond donors (Lipinski definition) is 1. The van der Waals surface area contributed by atoms with E-state index in [0.29, 0.717) is 11.3 Å². The third-order valence-electron chi connectivity index (χ3n) is 2.71. The molecule has 1 amide bonds. The van der Waals surface area contributed by atoms with Crippen molar-refractivity contribution in [1.82, 2.24) is 15.3 Å². The molecule has 2 rings (SSSR count). The minimum Gasteiger partial charge on any atom is -0.351 e. The molecule has 0 aromatic carbocycles. The molecule has 0 aliphatic carbocycles. The van der Waals surface area contributed by atoms with Gasteiger partial charge in [0.1, 0.15) is 9.84 Å². The first-order valence-electron chi connectivity index (χ1n) is 6.29. The Morgan fingerprint density at radius 1 is 1.14 bits per heavy atom. The highest BCUT2D eigenvalue weighted by atomic mass is 32.2. The number of rotatable bonds is 5. The van der Waals surface area contributed by atoms with Crippen LogP contribution in [0.25, 0.3) is 11.4 Å². The monoisotopic (exact) mass is 305 g/mol. The highest BCUT2D eigenvalue weighted by molar-refractivity contribution is 7.90. The van der Waals surface area contributed by atoms with Crippen molar-refractivity contribution < 1.29 is 13.2 Å². The predicted octanol–water partition coefficient (Wildman–Crippen LogP) is 0.918. The van der Waals surface area contributed by atoms with E-state index in [1.165, 1.54) is 6.20 Å². The van der Waals surface area contributed by atoms with Crippen LogP contribution in [0.15, 0.2) is 42.7 Å². The van der Waals surface area contributed by atoms with Crippen molar-refractivity contribution in [2.45, 2.75) is 0 Å². The first-order chi connectivity index (χ1) is 9.96. The van der Waals surface area contributed by atoms with Crippen LogP contribution in [0, 0.1) is 0 Å². The lowest BCUT2D eigenvalue weighted by atomic mass is 10.2. The number of hydrogen-bond acceptors (Lipinski definition) is 5. The third kappa shape index (κ3) is 4.64. The topological polar surface area (TPSA) is 89.0 Å². The molecular formula is C14H15N3O3S. The Labute approximate surface area is 123 Å². The maximum absolute atomic E-state index is 11.8. The Kier molecular flexibility index (Phi) is 4.64. The molecule has 0 radical (unpaired) electrons. The van der Waals surface area contributed by atoms with Crippen LogP contribution in [0.5, 0.6) is 0 Å². The highest BCUT2D eigenvalue weighted by Crippen LogP contribution is 2.13. The van der Waals surface area contributed by atoms with Gasteiger partial charge in [0.05, 0.1) is 22.7 Å². The average molecular weight is 305 g/mol. The van der Waals surface area contributed by atoms with Gasteiger partial charge in [-0.05, 0) is 24.3 Å². The first-order valence-corrected chi connectivity index (χ1v) is 8.35. The van der Waals surface area contributed by atoms with E-state index >= 15 is 0 Å². The molecule has 0 aliphatic rings. The Bertz CT molecular complexity index is 713. The molecule has 1 N–H and O–H groups in total. The first kappa shape index (κ1) is 15.1. The number of aromatic nitrogens is 2. The van der Waals surface area contributed by atoms with Crippen LogP contribution in [-0.2, 0) is 9.84 Å². The molecule has 0 spiro atoms. The number of pyridine rings is 2. The summed E-state index contributed by atoms with van der Waals surface area (Å²) in [7, 11) is -3.08. The van der Waals surface area contributed by atoms with Crippen LogP contribution in [0.3, 0.4) is 0 Å². The minimum absolute atomic E-state index is 0.0830. The lowest BCUT2D eigenvalue weighted by Crippen LogP contribution is -2.28. The van der Waals surface area contributed by atoms with Gasteiger partial charge in [0.15, 0.2) is 0 Å². The fourth-order valence-electron chi connectivity index (χ4n) is 1.65. The molecule has 0 saturated heterocycles. The minimum atomic E-state index is -3.08. The van der Waals surface area contributed by atoms with Crippen LogP contribution in [0.2, 0.25) is 0 Å². The maximum Gasteiger partial charge on any atom is 0.252 e. The number of amides is 1. The standard InChI is InChI=1S/C14H15N3O3S/c1-21(19,20)9-8-16-14(18)11-5-6-13(17-10-11)12-4-2-3-7-15-12/h2-7,10H,8-9H2,1H3,(H,16,18). The third-order valence-corrected chi connectivity index (χ3v) is 3.66. The molecule has 7 heteroatoms. The van der Waals surface area contributed by atoms with E-state index in [2.05, 4.69) is 15.3 Å². The Morgan fingerprint density at radius 2 is 1.90 bits per heavy atom. The Hall–Kier alpha value is -2.28. The zero-order chi connectivity index (χ0) is 15.3. The van der Waals surface area contributed by atoms with Crippen LogP contribution in [-0.4, -0.2) is 42.8 Å². The highest BCUT2D eigenvalue weighted by Gasteiger charge is 2.08. The van der Waals surface area contributed by atoms with Gasteiger partial charge < -0.3 is 5.32 Å². The van der Waals surface area contributed by atoms with E-state index in [1.807, 2.05) is 18.2 Å². The number of carbonyl (C=O) groups excluding carboxylic acids is 1. The molecule has 110 valence electrons. The van der Waals surface area contributed by atoms with Gasteiger partial charge in [-0.1, -0.05) is 6.07 Å². The normalized spacial score (nSPS) is 11.1. The molecule has 0 bridgehead atoms. The maximum atomic E-state index is 11.8. The second-order valence-corrected chi connectivity index (χ2v) is 6.79. The van der Waals surface area contributed by atoms with Gasteiger partial charge in [-0.2, -0.15) is 0 Å². The average Bonchev–Trinajstić information content (AvgIpc) is 2.47. The van der Waals surface area contributed by atoms with Crippen LogP contribution >= 0.6 is 0 Å². The molecule has 2 heterocycles. The van der Waals surface area contributed by atoms with Crippen LogP contribution in [0.1, 0.15) is 10.4 Å². The molecule has 0 atom stereocenters. The van der Waals surface area contributed by atoms with Gasteiger partial charge >= 0.3 is 0 Å². The van der Waals surface area contributed by atoms with Gasteiger partial charge in [0.25, 0.3) is 5.91 Å². The number of nitrogens with one attached hydrogen (secondary N) is 1. The zero-order valence-corrected chi connectivity index (χ0v) is 12.3. The molecule has 0 unspecified atom stereocenters. The lowest BCUT2D eigenvalue weighted by molar-refractivity contribution is 0.0956. The van der Waals surface area contributed by atoms with Crippen molar-refractivity contribution in [2.75, 3.05) is 18.6 Å². The summed E-state index contributed by atoms with van der Waals surface area (Å²) >= 11 is 0. The van der Waals surface area contributed by atoms with E-state index in [1.54, 1.807) is 18.3 Å². The lowest BCUT2D eigenvalue weighted by Gasteiger charge is -2.05. The van der Waals surface area contributed by atoms with Crippen molar-refractivity contribution in [1.29, 1.82) is 0 Å². The quantitative estimate of drug-likeness (QED) is 0.887. The smallest absolute Gasteiger partial charge is 0.252 e. The van der Waals surface area contributed by atoms with E-state index in [4.69, 9.17) is 0 Å². The predicted molar refractivity (Wildman–Crippen MR) is 79.5 cm³/mol. The van der Waals surface area contributed by atoms with Crippen molar-refractivity contribution >= 4 is 15.7 Å². The fraction of sp³-hybridized carbons (Fsp3) is 0.214. The van der Waals surface area contributed by atoms with E-state index in [0.717, 1.165) is 11.9 Å². The van der Waals surface area contributed by atoms with Gasteiger partial charge in [-0.3, -0.25) is 14.8 Å². The van der Waals surface area contributed by atoms with Gasteiger partial charge in [0, 0.05) is 25.2 Å². The molecule has 0 aliphatic heterocycles. The Morgan fingerprint density at radius 3 is 2.48 bits per heavy atom. The number of sulfone groups is 1. The molecule has 0 saturated carbocycles. The summed E-state index contributed by atoms with van der Waals surface area (Å²) in [5.74, 6) is -0.434. The van der Waals surface area contributed by atoms with Gasteiger partial charge in [0.2, 0.25) is 0 Å². The van der Waals surface area contributed by atoms with Crippen LogP contribution < -0.4 is 5.32 Å². The Balaban J connectivity index is 2.00. The number of nitrogens with zero attached hydrogens (tertiary/aromatic N) is 2. The second-order valence-electron chi connectivity index (χ2n) is 4.53. The van der Waals surface area contributed by atoms with Gasteiger partial charge in [-0.15, -0.1) is 0 Å². The number of carbonyl (C=O) groups is 1. The molecular weight excluding hydrogens is 290 g/mol. The summed E-state index contributed by atoms with van der Waals surface area (Å²) in [6.07, 6.45) is 4.24. The van der Waals surface area contributed by atoms with Crippen molar-refractivity contribution in [3.8, 4) is 11.4 Å². The van der Waals surface area contributed by atoms with Gasteiger partial charge in [-0.25, -0.2) is 8.42 Å².